The highest BCUT2D eigenvalue weighted by molar-refractivity contribution is 5.77. The van der Waals surface area contributed by atoms with E-state index in [0.29, 0.717) is 6.54 Å². The zero-order valence-corrected chi connectivity index (χ0v) is 16.6. The van der Waals surface area contributed by atoms with Crippen LogP contribution >= 0.6 is 0 Å². The van der Waals surface area contributed by atoms with Gasteiger partial charge in [-0.25, -0.2) is 0 Å². The van der Waals surface area contributed by atoms with E-state index in [0.717, 1.165) is 50.4 Å². The van der Waals surface area contributed by atoms with Gasteiger partial charge in [0.25, 0.3) is 5.91 Å². The second-order valence-corrected chi connectivity index (χ2v) is 7.18. The number of nitrogens with zero attached hydrogens (tertiary/aromatic N) is 1. The molecular formula is C23H30N2O3. The van der Waals surface area contributed by atoms with Crippen molar-refractivity contribution in [3.63, 3.8) is 0 Å². The fourth-order valence-electron chi connectivity index (χ4n) is 3.38. The molecular weight excluding hydrogens is 352 g/mol. The van der Waals surface area contributed by atoms with Crippen molar-refractivity contribution < 1.29 is 14.3 Å². The molecule has 1 fully saturated rings. The van der Waals surface area contributed by atoms with E-state index in [1.165, 1.54) is 5.56 Å². The van der Waals surface area contributed by atoms with Crippen LogP contribution in [0.25, 0.3) is 0 Å². The minimum atomic E-state index is -0.0706. The van der Waals surface area contributed by atoms with Gasteiger partial charge in [-0.15, -0.1) is 0 Å². The van der Waals surface area contributed by atoms with Crippen LogP contribution in [0.4, 0.5) is 0 Å². The number of unbranched alkanes of at least 4 members (excludes halogenated alkanes) is 1. The van der Waals surface area contributed by atoms with Gasteiger partial charge in [-0.1, -0.05) is 48.5 Å². The molecule has 1 heterocycles. The molecule has 150 valence electrons. The lowest BCUT2D eigenvalue weighted by Gasteiger charge is -2.33. The number of carbonyl (C=O) groups is 1. The van der Waals surface area contributed by atoms with Crippen LogP contribution in [0.15, 0.2) is 54.6 Å². The van der Waals surface area contributed by atoms with Crippen molar-refractivity contribution >= 4 is 5.91 Å². The number of ether oxygens (including phenoxy) is 2. The smallest absolute Gasteiger partial charge is 0.257 e. The fraction of sp³-hybridized carbons (Fsp3) is 0.435. The number of nitrogens with one attached hydrogen (secondary N) is 1. The number of carbonyl (C=O) groups excluding carboxylic acids is 1. The van der Waals surface area contributed by atoms with Crippen LogP contribution in [-0.2, 0) is 9.53 Å². The quantitative estimate of drug-likeness (QED) is 0.676. The first kappa shape index (κ1) is 20.4. The number of aryl methyl sites for hydroxylation is 1. The van der Waals surface area contributed by atoms with Crippen molar-refractivity contribution in [3.05, 3.63) is 65.7 Å². The standard InChI is InChI=1S/C23H30N2O3/c1-19-9-5-6-12-21(19)28-18-23(26)24-13-7-8-14-25-15-16-27-22(17-25)20-10-3-2-4-11-20/h2-6,9-12,22H,7-8,13-18H2,1H3,(H,24,26)/t22-/m0/s1. The highest BCUT2D eigenvalue weighted by Crippen LogP contribution is 2.22. The normalized spacial score (nSPS) is 17.2. The molecule has 3 rings (SSSR count). The average Bonchev–Trinajstić information content (AvgIpc) is 2.74. The minimum absolute atomic E-state index is 0.0626. The van der Waals surface area contributed by atoms with Gasteiger partial charge in [0.2, 0.25) is 0 Å². The maximum absolute atomic E-state index is 11.9. The Morgan fingerprint density at radius 1 is 1.14 bits per heavy atom. The number of para-hydroxylation sites is 1. The highest BCUT2D eigenvalue weighted by Gasteiger charge is 2.21. The van der Waals surface area contributed by atoms with Crippen molar-refractivity contribution in [1.29, 1.82) is 0 Å². The Bertz CT molecular complexity index is 736. The molecule has 1 N–H and O–H groups in total. The van der Waals surface area contributed by atoms with Gasteiger partial charge in [0.15, 0.2) is 6.61 Å². The van der Waals surface area contributed by atoms with Gasteiger partial charge in [0, 0.05) is 19.6 Å². The number of hydrogen-bond donors (Lipinski definition) is 1. The lowest BCUT2D eigenvalue weighted by Crippen LogP contribution is -2.39. The van der Waals surface area contributed by atoms with Crippen LogP contribution in [0.2, 0.25) is 0 Å². The monoisotopic (exact) mass is 382 g/mol. The Labute approximate surface area is 167 Å². The summed E-state index contributed by atoms with van der Waals surface area (Å²) in [5, 5.41) is 2.94. The average molecular weight is 383 g/mol. The summed E-state index contributed by atoms with van der Waals surface area (Å²) >= 11 is 0. The summed E-state index contributed by atoms with van der Waals surface area (Å²) in [5.41, 5.74) is 2.28. The molecule has 1 aliphatic heterocycles. The first-order chi connectivity index (χ1) is 13.7. The van der Waals surface area contributed by atoms with Crippen LogP contribution in [0.3, 0.4) is 0 Å². The van der Waals surface area contributed by atoms with E-state index in [9.17, 15) is 4.79 Å². The van der Waals surface area contributed by atoms with Crippen molar-refractivity contribution in [2.24, 2.45) is 0 Å². The third kappa shape index (κ3) is 6.36. The number of hydrogen-bond acceptors (Lipinski definition) is 4. The predicted molar refractivity (Wildman–Crippen MR) is 110 cm³/mol. The molecule has 2 aromatic rings. The van der Waals surface area contributed by atoms with Crippen LogP contribution in [0, 0.1) is 6.92 Å². The van der Waals surface area contributed by atoms with Crippen molar-refractivity contribution in [3.8, 4) is 5.75 Å². The number of rotatable bonds is 9. The van der Waals surface area contributed by atoms with E-state index in [2.05, 4.69) is 34.5 Å². The van der Waals surface area contributed by atoms with Crippen LogP contribution in [-0.4, -0.2) is 50.2 Å². The predicted octanol–water partition coefficient (Wildman–Crippen LogP) is 3.34. The van der Waals surface area contributed by atoms with Crippen LogP contribution in [0.1, 0.15) is 30.1 Å². The molecule has 2 aromatic carbocycles. The molecule has 0 aliphatic carbocycles. The third-order valence-electron chi connectivity index (χ3n) is 5.00. The molecule has 5 nitrogen and oxygen atoms in total. The van der Waals surface area contributed by atoms with Crippen molar-refractivity contribution in [1.82, 2.24) is 10.2 Å². The molecule has 0 spiro atoms. The van der Waals surface area contributed by atoms with Gasteiger partial charge in [0.1, 0.15) is 5.75 Å². The molecule has 1 aliphatic rings. The maximum atomic E-state index is 11.9. The molecule has 1 amide bonds. The van der Waals surface area contributed by atoms with Crippen molar-refractivity contribution in [2.75, 3.05) is 39.4 Å². The van der Waals surface area contributed by atoms with Gasteiger partial charge in [-0.2, -0.15) is 0 Å². The second kappa shape index (κ2) is 10.8. The summed E-state index contributed by atoms with van der Waals surface area (Å²) in [6.07, 6.45) is 2.18. The van der Waals surface area contributed by atoms with E-state index < -0.39 is 0 Å². The summed E-state index contributed by atoms with van der Waals surface area (Å²) < 4.78 is 11.5. The first-order valence-corrected chi connectivity index (χ1v) is 10.1. The molecule has 5 heteroatoms. The van der Waals surface area contributed by atoms with E-state index in [4.69, 9.17) is 9.47 Å². The molecule has 0 bridgehead atoms. The molecule has 28 heavy (non-hydrogen) atoms. The Hall–Kier alpha value is -2.37. The second-order valence-electron chi connectivity index (χ2n) is 7.18. The van der Waals surface area contributed by atoms with Gasteiger partial charge >= 0.3 is 0 Å². The fourth-order valence-corrected chi connectivity index (χ4v) is 3.38. The maximum Gasteiger partial charge on any atom is 0.257 e. The molecule has 1 atom stereocenters. The van der Waals surface area contributed by atoms with Gasteiger partial charge in [0.05, 0.1) is 12.7 Å². The van der Waals surface area contributed by atoms with Gasteiger partial charge < -0.3 is 14.8 Å². The van der Waals surface area contributed by atoms with Gasteiger partial charge in [-0.3, -0.25) is 9.69 Å². The summed E-state index contributed by atoms with van der Waals surface area (Å²) in [4.78, 5) is 14.4. The van der Waals surface area contributed by atoms with Crippen LogP contribution in [0.5, 0.6) is 5.75 Å². The van der Waals surface area contributed by atoms with E-state index in [-0.39, 0.29) is 18.6 Å². The SMILES string of the molecule is Cc1ccccc1OCC(=O)NCCCCN1CCO[C@H](c2ccccc2)C1. The lowest BCUT2D eigenvalue weighted by molar-refractivity contribution is -0.123. The molecule has 0 aromatic heterocycles. The molecule has 0 saturated carbocycles. The first-order valence-electron chi connectivity index (χ1n) is 10.1. The Kier molecular flexibility index (Phi) is 7.88. The Morgan fingerprint density at radius 3 is 2.75 bits per heavy atom. The van der Waals surface area contributed by atoms with Gasteiger partial charge in [-0.05, 0) is 43.5 Å². The number of benzene rings is 2. The topological polar surface area (TPSA) is 50.8 Å². The molecule has 0 radical (unpaired) electrons. The third-order valence-corrected chi connectivity index (χ3v) is 5.00. The summed E-state index contributed by atoms with van der Waals surface area (Å²) in [6, 6.07) is 18.1. The zero-order chi connectivity index (χ0) is 19.6. The lowest BCUT2D eigenvalue weighted by atomic mass is 10.1. The van der Waals surface area contributed by atoms with Crippen LogP contribution < -0.4 is 10.1 Å². The summed E-state index contributed by atoms with van der Waals surface area (Å²) in [5.74, 6) is 0.691. The highest BCUT2D eigenvalue weighted by atomic mass is 16.5. The van der Waals surface area contributed by atoms with Crippen molar-refractivity contribution in [2.45, 2.75) is 25.9 Å². The zero-order valence-electron chi connectivity index (χ0n) is 16.6. The Balaban J connectivity index is 1.28. The Morgan fingerprint density at radius 2 is 1.93 bits per heavy atom. The molecule has 1 saturated heterocycles. The largest absolute Gasteiger partial charge is 0.484 e. The summed E-state index contributed by atoms with van der Waals surface area (Å²) in [7, 11) is 0. The number of morpholine rings is 1. The van der Waals surface area contributed by atoms with E-state index >= 15 is 0 Å². The minimum Gasteiger partial charge on any atom is -0.484 e. The summed E-state index contributed by atoms with van der Waals surface area (Å²) in [6.45, 7) is 6.42. The van der Waals surface area contributed by atoms with E-state index in [1.807, 2.05) is 37.3 Å². The number of amides is 1. The molecule has 0 unspecified atom stereocenters. The van der Waals surface area contributed by atoms with E-state index in [1.54, 1.807) is 0 Å².